The maximum atomic E-state index is 12.5. The van der Waals surface area contributed by atoms with Crippen LogP contribution in [0.15, 0.2) is 23.1 Å². The molecule has 2 unspecified atom stereocenters. The summed E-state index contributed by atoms with van der Waals surface area (Å²) in [7, 11) is -3.51. The van der Waals surface area contributed by atoms with Gasteiger partial charge in [0.05, 0.1) is 11.5 Å². The third-order valence-corrected chi connectivity index (χ3v) is 6.03. The molecule has 1 saturated carbocycles. The quantitative estimate of drug-likeness (QED) is 0.878. The molecule has 0 radical (unpaired) electrons. The Balaban J connectivity index is 2.21. The molecule has 0 aromatic heterocycles. The van der Waals surface area contributed by atoms with Crippen LogP contribution in [-0.4, -0.2) is 19.6 Å². The summed E-state index contributed by atoms with van der Waals surface area (Å²) in [6, 6.07) is 4.97. The summed E-state index contributed by atoms with van der Waals surface area (Å²) >= 11 is 0. The molecule has 118 valence electrons. The molecular formula is C16H25NO3S. The molecule has 4 nitrogen and oxygen atoms in total. The van der Waals surface area contributed by atoms with Crippen molar-refractivity contribution in [1.29, 1.82) is 0 Å². The third-order valence-electron chi connectivity index (χ3n) is 4.54. The highest BCUT2D eigenvalue weighted by Gasteiger charge is 2.28. The lowest BCUT2D eigenvalue weighted by Gasteiger charge is -2.31. The molecule has 0 heterocycles. The number of aryl methyl sites for hydroxylation is 1. The molecule has 0 saturated heterocycles. The lowest BCUT2D eigenvalue weighted by molar-refractivity contribution is 0.280. The zero-order valence-corrected chi connectivity index (χ0v) is 13.6. The second kappa shape index (κ2) is 6.90. The maximum Gasteiger partial charge on any atom is 0.240 e. The summed E-state index contributed by atoms with van der Waals surface area (Å²) in [5, 5.41) is 9.29. The highest BCUT2D eigenvalue weighted by molar-refractivity contribution is 7.89. The Morgan fingerprint density at radius 3 is 2.67 bits per heavy atom. The number of aliphatic hydroxyl groups is 1. The van der Waals surface area contributed by atoms with Crippen molar-refractivity contribution in [1.82, 2.24) is 4.72 Å². The Hall–Kier alpha value is -0.910. The first-order valence-corrected chi connectivity index (χ1v) is 9.19. The van der Waals surface area contributed by atoms with E-state index in [0.29, 0.717) is 11.5 Å². The van der Waals surface area contributed by atoms with E-state index in [1.807, 2.05) is 6.92 Å². The van der Waals surface area contributed by atoms with Crippen molar-refractivity contribution in [3.63, 3.8) is 0 Å². The molecule has 1 aromatic rings. The predicted octanol–water partition coefficient (Wildman–Crippen LogP) is 2.73. The lowest BCUT2D eigenvalue weighted by Crippen LogP contribution is -2.41. The van der Waals surface area contributed by atoms with E-state index in [1.165, 1.54) is 6.42 Å². The summed E-state index contributed by atoms with van der Waals surface area (Å²) in [5.41, 5.74) is 1.56. The Kier molecular flexibility index (Phi) is 5.41. The maximum absolute atomic E-state index is 12.5. The molecule has 1 aliphatic carbocycles. The molecule has 0 amide bonds. The van der Waals surface area contributed by atoms with E-state index >= 15 is 0 Å². The molecule has 2 rings (SSSR count). The standard InChI is InChI=1S/C16H25NO3S/c1-3-13-6-4-5-7-16(13)17-21(19,20)15-9-8-12(2)14(10-15)11-18/h8-10,13,16-18H,3-7,11H2,1-2H3. The normalized spacial score (nSPS) is 23.2. The summed E-state index contributed by atoms with van der Waals surface area (Å²) in [4.78, 5) is 0.248. The molecule has 1 aliphatic rings. The molecule has 1 fully saturated rings. The van der Waals surface area contributed by atoms with Crippen molar-refractivity contribution < 1.29 is 13.5 Å². The van der Waals surface area contributed by atoms with Crippen molar-refractivity contribution in [2.45, 2.75) is 63.5 Å². The fourth-order valence-corrected chi connectivity index (χ4v) is 4.49. The summed E-state index contributed by atoms with van der Waals surface area (Å²) in [6.45, 7) is 3.84. The average Bonchev–Trinajstić information content (AvgIpc) is 2.47. The molecule has 21 heavy (non-hydrogen) atoms. The minimum Gasteiger partial charge on any atom is -0.392 e. The largest absolute Gasteiger partial charge is 0.392 e. The van der Waals surface area contributed by atoms with Crippen LogP contribution in [0.4, 0.5) is 0 Å². The van der Waals surface area contributed by atoms with E-state index in [2.05, 4.69) is 11.6 Å². The summed E-state index contributed by atoms with van der Waals surface area (Å²) < 4.78 is 28.0. The van der Waals surface area contributed by atoms with Gasteiger partial charge in [0, 0.05) is 6.04 Å². The van der Waals surface area contributed by atoms with Crippen molar-refractivity contribution in [3.8, 4) is 0 Å². The first-order valence-electron chi connectivity index (χ1n) is 7.70. The minimum atomic E-state index is -3.51. The van der Waals surface area contributed by atoms with Gasteiger partial charge in [-0.05, 0) is 48.9 Å². The van der Waals surface area contributed by atoms with E-state index in [9.17, 15) is 13.5 Å². The van der Waals surface area contributed by atoms with Crippen LogP contribution in [0.2, 0.25) is 0 Å². The Labute approximate surface area is 127 Å². The first kappa shape index (κ1) is 16.5. The summed E-state index contributed by atoms with van der Waals surface area (Å²) in [5.74, 6) is 0.427. The van der Waals surface area contributed by atoms with Gasteiger partial charge in [-0.25, -0.2) is 13.1 Å². The topological polar surface area (TPSA) is 66.4 Å². The lowest BCUT2D eigenvalue weighted by atomic mass is 9.83. The van der Waals surface area contributed by atoms with Gasteiger partial charge in [0.2, 0.25) is 10.0 Å². The molecular weight excluding hydrogens is 286 g/mol. The van der Waals surface area contributed by atoms with Gasteiger partial charge >= 0.3 is 0 Å². The van der Waals surface area contributed by atoms with Gasteiger partial charge in [0.15, 0.2) is 0 Å². The van der Waals surface area contributed by atoms with Crippen LogP contribution < -0.4 is 4.72 Å². The number of nitrogens with one attached hydrogen (secondary N) is 1. The van der Waals surface area contributed by atoms with Crippen molar-refractivity contribution >= 4 is 10.0 Å². The van der Waals surface area contributed by atoms with Gasteiger partial charge < -0.3 is 5.11 Å². The van der Waals surface area contributed by atoms with Gasteiger partial charge in [-0.1, -0.05) is 32.3 Å². The molecule has 2 N–H and O–H groups in total. The highest BCUT2D eigenvalue weighted by atomic mass is 32.2. The van der Waals surface area contributed by atoms with Crippen LogP contribution in [0.25, 0.3) is 0 Å². The number of aliphatic hydroxyl groups excluding tert-OH is 1. The fraction of sp³-hybridized carbons (Fsp3) is 0.625. The number of benzene rings is 1. The van der Waals surface area contributed by atoms with Crippen molar-refractivity contribution in [3.05, 3.63) is 29.3 Å². The van der Waals surface area contributed by atoms with Crippen LogP contribution in [-0.2, 0) is 16.6 Å². The highest BCUT2D eigenvalue weighted by Crippen LogP contribution is 2.28. The molecule has 0 spiro atoms. The van der Waals surface area contributed by atoms with Crippen LogP contribution in [0.1, 0.15) is 50.2 Å². The minimum absolute atomic E-state index is 0.0348. The van der Waals surface area contributed by atoms with E-state index in [4.69, 9.17) is 0 Å². The zero-order chi connectivity index (χ0) is 15.5. The number of rotatable bonds is 5. The van der Waals surface area contributed by atoms with E-state index in [0.717, 1.165) is 31.2 Å². The second-order valence-electron chi connectivity index (χ2n) is 5.93. The SMILES string of the molecule is CCC1CCCCC1NS(=O)(=O)c1ccc(C)c(CO)c1. The van der Waals surface area contributed by atoms with Crippen LogP contribution in [0.5, 0.6) is 0 Å². The molecule has 2 atom stereocenters. The van der Waals surface area contributed by atoms with Crippen LogP contribution >= 0.6 is 0 Å². The van der Waals surface area contributed by atoms with Crippen molar-refractivity contribution in [2.24, 2.45) is 5.92 Å². The number of hydrogen-bond acceptors (Lipinski definition) is 3. The van der Waals surface area contributed by atoms with Gasteiger partial charge in [0.25, 0.3) is 0 Å². The Morgan fingerprint density at radius 2 is 2.00 bits per heavy atom. The van der Waals surface area contributed by atoms with Gasteiger partial charge in [-0.2, -0.15) is 0 Å². The van der Waals surface area contributed by atoms with Gasteiger partial charge in [-0.3, -0.25) is 0 Å². The van der Waals surface area contributed by atoms with Crippen LogP contribution in [0, 0.1) is 12.8 Å². The Morgan fingerprint density at radius 1 is 1.29 bits per heavy atom. The molecule has 5 heteroatoms. The second-order valence-corrected chi connectivity index (χ2v) is 7.64. The zero-order valence-electron chi connectivity index (χ0n) is 12.8. The third kappa shape index (κ3) is 3.84. The van der Waals surface area contributed by atoms with E-state index < -0.39 is 10.0 Å². The number of sulfonamides is 1. The smallest absolute Gasteiger partial charge is 0.240 e. The Bertz CT molecular complexity index is 583. The van der Waals surface area contributed by atoms with Crippen LogP contribution in [0.3, 0.4) is 0 Å². The monoisotopic (exact) mass is 311 g/mol. The van der Waals surface area contributed by atoms with E-state index in [1.54, 1.807) is 18.2 Å². The predicted molar refractivity (Wildman–Crippen MR) is 83.5 cm³/mol. The molecule has 1 aromatic carbocycles. The molecule has 0 bridgehead atoms. The fourth-order valence-electron chi connectivity index (χ4n) is 3.10. The average molecular weight is 311 g/mol. The van der Waals surface area contributed by atoms with Gasteiger partial charge in [-0.15, -0.1) is 0 Å². The van der Waals surface area contributed by atoms with E-state index in [-0.39, 0.29) is 17.5 Å². The molecule has 0 aliphatic heterocycles. The van der Waals surface area contributed by atoms with Gasteiger partial charge in [0.1, 0.15) is 0 Å². The van der Waals surface area contributed by atoms with Crippen molar-refractivity contribution in [2.75, 3.05) is 0 Å². The first-order chi connectivity index (χ1) is 9.97. The number of hydrogen-bond donors (Lipinski definition) is 2. The summed E-state index contributed by atoms with van der Waals surface area (Å²) in [6.07, 6.45) is 5.29.